The maximum atomic E-state index is 13.3. The monoisotopic (exact) mass is 500 g/mol. The Balaban J connectivity index is 1.44. The third-order valence-corrected chi connectivity index (χ3v) is 7.93. The zero-order valence-electron chi connectivity index (χ0n) is 21.3. The molecule has 0 radical (unpaired) electrons. The van der Waals surface area contributed by atoms with E-state index in [0.29, 0.717) is 37.7 Å². The predicted octanol–water partition coefficient (Wildman–Crippen LogP) is 4.33. The molecule has 1 aromatic carbocycles. The number of rotatable bonds is 7. The van der Waals surface area contributed by atoms with Crippen molar-refractivity contribution in [1.82, 2.24) is 9.88 Å². The number of para-hydroxylation sites is 1. The molecule has 2 fully saturated rings. The highest BCUT2D eigenvalue weighted by Crippen LogP contribution is 2.50. The average molecular weight is 500 g/mol. The Kier molecular flexibility index (Phi) is 7.31. The second-order valence-corrected chi connectivity index (χ2v) is 10.3. The number of benzene rings is 1. The van der Waals surface area contributed by atoms with E-state index in [1.165, 1.54) is 4.90 Å². The first kappa shape index (κ1) is 25.4. The minimum Gasteiger partial charge on any atom is -0.507 e. The summed E-state index contributed by atoms with van der Waals surface area (Å²) in [6.45, 7) is 4.44. The number of pyridine rings is 1. The fraction of sp³-hybridized carbons (Fsp3) is 0.414. The number of carbonyl (C=O) groups excluding carboxylic acids is 2. The lowest BCUT2D eigenvalue weighted by Gasteiger charge is -2.42. The molecule has 2 N–H and O–H groups in total. The van der Waals surface area contributed by atoms with E-state index >= 15 is 0 Å². The molecule has 0 spiro atoms. The molecule has 1 aliphatic carbocycles. The van der Waals surface area contributed by atoms with Crippen LogP contribution >= 0.6 is 0 Å². The third kappa shape index (κ3) is 4.88. The van der Waals surface area contributed by atoms with Crippen LogP contribution in [0.3, 0.4) is 0 Å². The molecule has 2 amide bonds. The van der Waals surface area contributed by atoms with Crippen LogP contribution in [0.4, 0.5) is 0 Å². The van der Waals surface area contributed by atoms with E-state index in [1.807, 2.05) is 50.3 Å². The topological polar surface area (TPSA) is 100.0 Å². The zero-order valence-corrected chi connectivity index (χ0v) is 21.3. The quantitative estimate of drug-likeness (QED) is 0.334. The number of imide groups is 1. The number of amides is 2. The minimum absolute atomic E-state index is 0.0733. The van der Waals surface area contributed by atoms with E-state index in [9.17, 15) is 19.7 Å². The van der Waals surface area contributed by atoms with Crippen LogP contribution in [0, 0.1) is 17.8 Å². The Morgan fingerprint density at radius 3 is 2.68 bits per heavy atom. The highest BCUT2D eigenvalue weighted by molar-refractivity contribution is 6.43. The molecular weight excluding hydrogens is 467 g/mol. The number of aromatic nitrogens is 1. The van der Waals surface area contributed by atoms with E-state index in [0.717, 1.165) is 28.8 Å². The summed E-state index contributed by atoms with van der Waals surface area (Å²) in [5.74, 6) is -0.955. The normalized spacial score (nSPS) is 26.0. The molecule has 37 heavy (non-hydrogen) atoms. The van der Waals surface area contributed by atoms with E-state index in [2.05, 4.69) is 4.98 Å². The number of hydrogen-bond acceptors (Lipinski definition) is 6. The van der Waals surface area contributed by atoms with Crippen molar-refractivity contribution in [3.8, 4) is 5.75 Å². The summed E-state index contributed by atoms with van der Waals surface area (Å²) in [6.07, 6.45) is 6.09. The second kappa shape index (κ2) is 10.6. The molecule has 0 unspecified atom stereocenters. The SMILES string of the molecule is CCCN1C(=O)[C@@H]2[C@@H](CC(C)=C3[C@@H](CC/C(=C/c4ccccc4O)c4ccccn4)OB(O)C[C@@H]32)C1=O. The van der Waals surface area contributed by atoms with Crippen molar-refractivity contribution in [3.05, 3.63) is 71.1 Å². The van der Waals surface area contributed by atoms with E-state index in [1.54, 1.807) is 18.3 Å². The molecule has 192 valence electrons. The van der Waals surface area contributed by atoms with Crippen molar-refractivity contribution in [2.75, 3.05) is 6.54 Å². The van der Waals surface area contributed by atoms with Gasteiger partial charge in [-0.25, -0.2) is 0 Å². The molecule has 4 atom stereocenters. The maximum absolute atomic E-state index is 13.3. The molecular formula is C29H33BN2O5. The standard InChI is InChI=1S/C29H33BN2O5/c1-3-14-32-28(34)21-15-18(2)26-22(27(21)29(32)35)17-30(36)37-25(26)12-11-19(23-9-6-7-13-31-23)16-20-8-4-5-10-24(20)33/h4-10,13,16,21-22,25,27,33,36H,3,11-12,14-15,17H2,1-2H3/b19-16-/t21-,22+,25-,27-/m1/s1. The fourth-order valence-corrected chi connectivity index (χ4v) is 6.34. The smallest absolute Gasteiger partial charge is 0.455 e. The lowest BCUT2D eigenvalue weighted by molar-refractivity contribution is -0.140. The van der Waals surface area contributed by atoms with E-state index in [-0.39, 0.29) is 35.5 Å². The van der Waals surface area contributed by atoms with Crippen molar-refractivity contribution in [3.63, 3.8) is 0 Å². The van der Waals surface area contributed by atoms with E-state index in [4.69, 9.17) is 4.65 Å². The molecule has 2 aliphatic heterocycles. The molecule has 2 aromatic rings. The number of fused-ring (bicyclic) bond motifs is 3. The summed E-state index contributed by atoms with van der Waals surface area (Å²) < 4.78 is 6.06. The summed E-state index contributed by atoms with van der Waals surface area (Å²) >= 11 is 0. The first-order chi connectivity index (χ1) is 17.9. The van der Waals surface area contributed by atoms with Gasteiger partial charge in [0.25, 0.3) is 0 Å². The number of aromatic hydroxyl groups is 1. The van der Waals surface area contributed by atoms with Crippen LogP contribution in [0.2, 0.25) is 6.32 Å². The molecule has 7 nitrogen and oxygen atoms in total. The van der Waals surface area contributed by atoms with Crippen molar-refractivity contribution in [2.24, 2.45) is 17.8 Å². The Morgan fingerprint density at radius 1 is 1.16 bits per heavy atom. The van der Waals surface area contributed by atoms with Gasteiger partial charge in [0, 0.05) is 18.3 Å². The largest absolute Gasteiger partial charge is 0.507 e. The van der Waals surface area contributed by atoms with Crippen LogP contribution < -0.4 is 0 Å². The Labute approximate surface area is 218 Å². The Morgan fingerprint density at radius 2 is 1.95 bits per heavy atom. The lowest BCUT2D eigenvalue weighted by atomic mass is 9.58. The summed E-state index contributed by atoms with van der Waals surface area (Å²) in [5.41, 5.74) is 4.60. The van der Waals surface area contributed by atoms with Crippen LogP contribution in [-0.4, -0.2) is 51.6 Å². The number of phenolic OH excluding ortho intramolecular Hbond substituents is 1. The molecule has 3 aliphatic rings. The summed E-state index contributed by atoms with van der Waals surface area (Å²) in [5, 5.41) is 21.0. The van der Waals surface area contributed by atoms with Gasteiger partial charge < -0.3 is 14.8 Å². The molecule has 2 saturated heterocycles. The third-order valence-electron chi connectivity index (χ3n) is 7.93. The first-order valence-electron chi connectivity index (χ1n) is 13.2. The van der Waals surface area contributed by atoms with Crippen LogP contribution in [0.15, 0.2) is 59.8 Å². The van der Waals surface area contributed by atoms with Gasteiger partial charge in [-0.3, -0.25) is 19.5 Å². The molecule has 8 heteroatoms. The molecule has 5 rings (SSSR count). The van der Waals surface area contributed by atoms with Crippen LogP contribution in [0.1, 0.15) is 50.8 Å². The number of nitrogens with zero attached hydrogens (tertiary/aromatic N) is 2. The Hall–Kier alpha value is -3.23. The highest BCUT2D eigenvalue weighted by atomic mass is 16.5. The van der Waals surface area contributed by atoms with Crippen molar-refractivity contribution in [1.29, 1.82) is 0 Å². The first-order valence-corrected chi connectivity index (χ1v) is 13.2. The number of allylic oxidation sites excluding steroid dienone is 2. The van der Waals surface area contributed by atoms with Gasteiger partial charge >= 0.3 is 7.12 Å². The van der Waals surface area contributed by atoms with Crippen molar-refractivity contribution >= 4 is 30.6 Å². The predicted molar refractivity (Wildman–Crippen MR) is 142 cm³/mol. The van der Waals surface area contributed by atoms with Gasteiger partial charge in [-0.05, 0) is 80.3 Å². The number of likely N-dealkylation sites (tertiary alicyclic amines) is 1. The number of phenols is 1. The van der Waals surface area contributed by atoms with Crippen molar-refractivity contribution in [2.45, 2.75) is 52.0 Å². The van der Waals surface area contributed by atoms with Gasteiger partial charge in [0.15, 0.2) is 0 Å². The molecule has 0 saturated carbocycles. The summed E-state index contributed by atoms with van der Waals surface area (Å²) in [4.78, 5) is 32.3. The molecule has 3 heterocycles. The van der Waals surface area contributed by atoms with Crippen molar-refractivity contribution < 1.29 is 24.4 Å². The van der Waals surface area contributed by atoms with E-state index < -0.39 is 13.0 Å². The van der Waals surface area contributed by atoms with Crippen LogP contribution in [-0.2, 0) is 14.2 Å². The number of carbonyl (C=O) groups is 2. The maximum Gasteiger partial charge on any atom is 0.455 e. The summed E-state index contributed by atoms with van der Waals surface area (Å²) in [6, 6.07) is 12.9. The lowest BCUT2D eigenvalue weighted by Crippen LogP contribution is -2.46. The fourth-order valence-electron chi connectivity index (χ4n) is 6.34. The zero-order chi connectivity index (χ0) is 26.1. The van der Waals surface area contributed by atoms with Gasteiger partial charge in [-0.2, -0.15) is 0 Å². The van der Waals surface area contributed by atoms with Gasteiger partial charge in [-0.15, -0.1) is 0 Å². The highest BCUT2D eigenvalue weighted by Gasteiger charge is 2.56. The Bertz CT molecular complexity index is 1240. The van der Waals surface area contributed by atoms with Gasteiger partial charge in [0.2, 0.25) is 11.8 Å². The van der Waals surface area contributed by atoms with Gasteiger partial charge in [-0.1, -0.05) is 36.8 Å². The van der Waals surface area contributed by atoms with Gasteiger partial charge in [0.1, 0.15) is 5.75 Å². The molecule has 1 aromatic heterocycles. The minimum atomic E-state index is -0.992. The molecule has 0 bridgehead atoms. The average Bonchev–Trinajstić information content (AvgIpc) is 3.12. The number of hydrogen-bond donors (Lipinski definition) is 2. The van der Waals surface area contributed by atoms with Gasteiger partial charge in [0.05, 0.1) is 23.6 Å². The second-order valence-electron chi connectivity index (χ2n) is 10.3. The summed E-state index contributed by atoms with van der Waals surface area (Å²) in [7, 11) is -0.992. The van der Waals surface area contributed by atoms with Crippen LogP contribution in [0.5, 0.6) is 5.75 Å². The van der Waals surface area contributed by atoms with Crippen LogP contribution in [0.25, 0.3) is 11.6 Å².